The van der Waals surface area contributed by atoms with Crippen LogP contribution in [0.1, 0.15) is 18.7 Å². The minimum absolute atomic E-state index is 0.00161. The van der Waals surface area contributed by atoms with Crippen molar-refractivity contribution >= 4 is 28.3 Å². The molecule has 156 valence electrons. The number of furan rings is 1. The number of quaternary nitrogens is 1. The van der Waals surface area contributed by atoms with E-state index in [0.29, 0.717) is 6.54 Å². The maximum atomic E-state index is 12.5. The number of rotatable bonds is 6. The van der Waals surface area contributed by atoms with Gasteiger partial charge in [-0.25, -0.2) is 0 Å². The second-order valence-electron chi connectivity index (χ2n) is 7.66. The largest absolute Gasteiger partial charge is 0.459 e. The molecule has 8 nitrogen and oxygen atoms in total. The molecule has 4 rings (SSSR count). The molecule has 1 fully saturated rings. The van der Waals surface area contributed by atoms with Crippen molar-refractivity contribution in [2.75, 3.05) is 37.6 Å². The van der Waals surface area contributed by atoms with Crippen LogP contribution in [0.15, 0.2) is 59.0 Å². The number of anilines is 1. The average molecular weight is 409 g/mol. The predicted octanol–water partition coefficient (Wildman–Crippen LogP) is 1.92. The Morgan fingerprint density at radius 3 is 2.57 bits per heavy atom. The summed E-state index contributed by atoms with van der Waals surface area (Å²) in [5, 5.41) is 14.9. The quantitative estimate of drug-likeness (QED) is 0.479. The summed E-state index contributed by atoms with van der Waals surface area (Å²) in [6.07, 6.45) is 0. The van der Waals surface area contributed by atoms with Crippen molar-refractivity contribution in [1.82, 2.24) is 5.32 Å². The molecule has 2 aromatic carbocycles. The van der Waals surface area contributed by atoms with Gasteiger partial charge in [-0.3, -0.25) is 14.9 Å². The Hall–Kier alpha value is -3.39. The first-order valence-electron chi connectivity index (χ1n) is 10.1. The number of non-ortho nitro benzene ring substituents is 1. The topological polar surface area (TPSA) is 93.1 Å². The van der Waals surface area contributed by atoms with Crippen LogP contribution >= 0.6 is 0 Å². The monoisotopic (exact) mass is 409 g/mol. The number of hydrogen-bond donors (Lipinski definition) is 2. The van der Waals surface area contributed by atoms with Gasteiger partial charge in [0.1, 0.15) is 11.3 Å². The van der Waals surface area contributed by atoms with E-state index in [9.17, 15) is 14.9 Å². The zero-order chi connectivity index (χ0) is 21.1. The van der Waals surface area contributed by atoms with Gasteiger partial charge in [0, 0.05) is 23.2 Å². The number of benzene rings is 2. The van der Waals surface area contributed by atoms with Crippen LogP contribution in [0.2, 0.25) is 0 Å². The van der Waals surface area contributed by atoms with Crippen molar-refractivity contribution in [3.05, 3.63) is 70.5 Å². The minimum atomic E-state index is -0.392. The Balaban J connectivity index is 1.27. The number of hydrogen-bond acceptors (Lipinski definition) is 5. The highest BCUT2D eigenvalue weighted by atomic mass is 16.6. The van der Waals surface area contributed by atoms with Gasteiger partial charge < -0.3 is 19.5 Å². The number of nitrogens with zero attached hydrogens (tertiary/aromatic N) is 2. The van der Waals surface area contributed by atoms with Gasteiger partial charge in [0.15, 0.2) is 6.54 Å². The number of para-hydroxylation sites is 1. The molecule has 2 N–H and O–H groups in total. The molecule has 0 bridgehead atoms. The first-order valence-corrected chi connectivity index (χ1v) is 10.1. The van der Waals surface area contributed by atoms with Crippen molar-refractivity contribution in [3.63, 3.8) is 0 Å². The molecule has 1 aliphatic heterocycles. The van der Waals surface area contributed by atoms with Gasteiger partial charge in [-0.05, 0) is 31.2 Å². The van der Waals surface area contributed by atoms with Crippen LogP contribution in [0.4, 0.5) is 11.4 Å². The Bertz CT molecular complexity index is 1010. The molecule has 8 heteroatoms. The Morgan fingerprint density at radius 1 is 1.20 bits per heavy atom. The molecule has 1 aromatic heterocycles. The highest BCUT2D eigenvalue weighted by Crippen LogP contribution is 2.23. The number of nitro groups is 1. The maximum absolute atomic E-state index is 12.5. The number of amides is 1. The predicted molar refractivity (Wildman–Crippen MR) is 114 cm³/mol. The van der Waals surface area contributed by atoms with E-state index in [1.807, 2.05) is 37.3 Å². The molecular formula is C22H25N4O4+. The lowest BCUT2D eigenvalue weighted by molar-refractivity contribution is -0.892. The van der Waals surface area contributed by atoms with Crippen LogP contribution in [-0.2, 0) is 4.79 Å². The molecule has 1 amide bonds. The third-order valence-corrected chi connectivity index (χ3v) is 5.56. The van der Waals surface area contributed by atoms with Gasteiger partial charge in [0.05, 0.1) is 37.1 Å². The van der Waals surface area contributed by atoms with Gasteiger partial charge in [-0.2, -0.15) is 0 Å². The summed E-state index contributed by atoms with van der Waals surface area (Å²) in [6, 6.07) is 16.2. The molecule has 0 saturated carbocycles. The number of carbonyl (C=O) groups is 1. The summed E-state index contributed by atoms with van der Waals surface area (Å²) in [4.78, 5) is 26.3. The number of nitrogens with one attached hydrogen (secondary N) is 2. The fourth-order valence-corrected chi connectivity index (χ4v) is 3.85. The van der Waals surface area contributed by atoms with E-state index < -0.39 is 4.92 Å². The van der Waals surface area contributed by atoms with E-state index in [4.69, 9.17) is 4.42 Å². The molecule has 0 spiro atoms. The zero-order valence-corrected chi connectivity index (χ0v) is 16.8. The molecule has 30 heavy (non-hydrogen) atoms. The standard InChI is InChI=1S/C22H24N4O4/c1-16(21-14-17-4-2-3-5-20(17)30-21)23-22(27)15-24-10-12-25(13-11-24)18-6-8-19(9-7-18)26(28)29/h2-9,14,16H,10-13,15H2,1H3,(H,23,27)/p+1/t16-/m0/s1. The summed E-state index contributed by atoms with van der Waals surface area (Å²) < 4.78 is 5.84. The van der Waals surface area contributed by atoms with Gasteiger partial charge >= 0.3 is 0 Å². The van der Waals surface area contributed by atoms with Crippen molar-refractivity contribution in [2.45, 2.75) is 13.0 Å². The lowest BCUT2D eigenvalue weighted by Crippen LogP contribution is -3.15. The first-order chi connectivity index (χ1) is 14.5. The van der Waals surface area contributed by atoms with E-state index in [0.717, 1.165) is 48.6 Å². The van der Waals surface area contributed by atoms with Gasteiger partial charge in [-0.1, -0.05) is 18.2 Å². The van der Waals surface area contributed by atoms with Crippen LogP contribution in [-0.4, -0.2) is 43.6 Å². The van der Waals surface area contributed by atoms with Crippen LogP contribution in [0.3, 0.4) is 0 Å². The van der Waals surface area contributed by atoms with E-state index in [1.54, 1.807) is 12.1 Å². The van der Waals surface area contributed by atoms with E-state index in [-0.39, 0.29) is 17.6 Å². The zero-order valence-electron chi connectivity index (χ0n) is 16.8. The summed E-state index contributed by atoms with van der Waals surface area (Å²) in [6.45, 7) is 5.63. The minimum Gasteiger partial charge on any atom is -0.459 e. The Labute approximate surface area is 174 Å². The fraction of sp³-hybridized carbons (Fsp3) is 0.318. The lowest BCUT2D eigenvalue weighted by atomic mass is 10.2. The average Bonchev–Trinajstić information content (AvgIpc) is 3.19. The summed E-state index contributed by atoms with van der Waals surface area (Å²) in [5.41, 5.74) is 1.89. The lowest BCUT2D eigenvalue weighted by Gasteiger charge is -2.33. The van der Waals surface area contributed by atoms with Gasteiger partial charge in [-0.15, -0.1) is 0 Å². The number of fused-ring (bicyclic) bond motifs is 1. The van der Waals surface area contributed by atoms with E-state index >= 15 is 0 Å². The third-order valence-electron chi connectivity index (χ3n) is 5.56. The molecule has 0 aliphatic carbocycles. The highest BCUT2D eigenvalue weighted by Gasteiger charge is 2.24. The second kappa shape index (κ2) is 8.54. The maximum Gasteiger partial charge on any atom is 0.275 e. The smallest absolute Gasteiger partial charge is 0.275 e. The van der Waals surface area contributed by atoms with Crippen LogP contribution in [0, 0.1) is 10.1 Å². The van der Waals surface area contributed by atoms with Crippen LogP contribution < -0.4 is 15.1 Å². The Morgan fingerprint density at radius 2 is 1.90 bits per heavy atom. The molecule has 3 aromatic rings. The number of nitro benzene ring substituents is 1. The molecule has 0 unspecified atom stereocenters. The molecule has 1 saturated heterocycles. The Kier molecular flexibility index (Phi) is 5.67. The fourth-order valence-electron chi connectivity index (χ4n) is 3.85. The molecule has 0 radical (unpaired) electrons. The third kappa shape index (κ3) is 4.44. The van der Waals surface area contributed by atoms with Crippen molar-refractivity contribution in [2.24, 2.45) is 0 Å². The highest BCUT2D eigenvalue weighted by molar-refractivity contribution is 5.79. The van der Waals surface area contributed by atoms with Crippen molar-refractivity contribution in [3.8, 4) is 0 Å². The van der Waals surface area contributed by atoms with Gasteiger partial charge in [0.25, 0.3) is 11.6 Å². The molecular weight excluding hydrogens is 384 g/mol. The van der Waals surface area contributed by atoms with E-state index in [2.05, 4.69) is 10.2 Å². The van der Waals surface area contributed by atoms with Gasteiger partial charge in [0.2, 0.25) is 0 Å². The second-order valence-corrected chi connectivity index (χ2v) is 7.66. The van der Waals surface area contributed by atoms with E-state index in [1.165, 1.54) is 17.0 Å². The molecule has 1 aliphatic rings. The SMILES string of the molecule is C[C@H](NC(=O)C[NH+]1CCN(c2ccc([N+](=O)[O-])cc2)CC1)c1cc2ccccc2o1. The normalized spacial score (nSPS) is 15.8. The van der Waals surface area contributed by atoms with Crippen LogP contribution in [0.5, 0.6) is 0 Å². The molecule has 2 heterocycles. The van der Waals surface area contributed by atoms with Crippen LogP contribution in [0.25, 0.3) is 11.0 Å². The summed E-state index contributed by atoms with van der Waals surface area (Å²) in [5.74, 6) is 0.754. The summed E-state index contributed by atoms with van der Waals surface area (Å²) in [7, 11) is 0. The molecule has 1 atom stereocenters. The first kappa shape index (κ1) is 19.9. The summed E-state index contributed by atoms with van der Waals surface area (Å²) >= 11 is 0. The van der Waals surface area contributed by atoms with Crippen molar-refractivity contribution in [1.29, 1.82) is 0 Å². The number of carbonyl (C=O) groups excluding carboxylic acids is 1. The number of piperazine rings is 1. The van der Waals surface area contributed by atoms with Crippen molar-refractivity contribution < 1.29 is 19.0 Å².